The standard InChI is InChI=1S/C20H26N4O2S/c1-14(2)11-18-22-17(13-27-18)20(26)24-9-7-23(8-10-24)12-15-3-5-16(6-4-15)19(21)25/h3-6,13-14H,7-12H2,1-2H3,(H2,21,25). The Morgan fingerprint density at radius 2 is 1.81 bits per heavy atom. The average molecular weight is 387 g/mol. The van der Waals surface area contributed by atoms with Crippen LogP contribution in [0.2, 0.25) is 0 Å². The van der Waals surface area contributed by atoms with Crippen molar-refractivity contribution in [1.29, 1.82) is 0 Å². The van der Waals surface area contributed by atoms with Gasteiger partial charge in [0.15, 0.2) is 0 Å². The molecule has 1 aliphatic rings. The van der Waals surface area contributed by atoms with E-state index in [4.69, 9.17) is 5.73 Å². The van der Waals surface area contributed by atoms with Crippen LogP contribution >= 0.6 is 11.3 Å². The molecule has 0 bridgehead atoms. The van der Waals surface area contributed by atoms with Crippen molar-refractivity contribution < 1.29 is 9.59 Å². The average Bonchev–Trinajstić information content (AvgIpc) is 3.10. The van der Waals surface area contributed by atoms with Gasteiger partial charge in [0, 0.05) is 50.1 Å². The molecule has 0 atom stereocenters. The van der Waals surface area contributed by atoms with E-state index in [0.717, 1.165) is 36.6 Å². The summed E-state index contributed by atoms with van der Waals surface area (Å²) in [5, 5.41) is 2.92. The van der Waals surface area contributed by atoms with Crippen LogP contribution in [-0.4, -0.2) is 52.8 Å². The number of piperazine rings is 1. The molecular formula is C20H26N4O2S. The maximum atomic E-state index is 12.7. The third-order valence-electron chi connectivity index (χ3n) is 4.66. The SMILES string of the molecule is CC(C)Cc1nc(C(=O)N2CCN(Cc3ccc(C(N)=O)cc3)CC2)cs1. The smallest absolute Gasteiger partial charge is 0.273 e. The van der Waals surface area contributed by atoms with E-state index in [2.05, 4.69) is 23.7 Å². The zero-order valence-corrected chi connectivity index (χ0v) is 16.7. The fourth-order valence-electron chi connectivity index (χ4n) is 3.16. The lowest BCUT2D eigenvalue weighted by Gasteiger charge is -2.34. The highest BCUT2D eigenvalue weighted by Gasteiger charge is 2.24. The topological polar surface area (TPSA) is 79.5 Å². The summed E-state index contributed by atoms with van der Waals surface area (Å²) in [6.07, 6.45) is 0.917. The second-order valence-electron chi connectivity index (χ2n) is 7.35. The van der Waals surface area contributed by atoms with Crippen molar-refractivity contribution in [3.63, 3.8) is 0 Å². The predicted octanol–water partition coefficient (Wildman–Crippen LogP) is 2.40. The Kier molecular flexibility index (Phi) is 6.23. The molecule has 0 unspecified atom stereocenters. The van der Waals surface area contributed by atoms with Gasteiger partial charge in [-0.25, -0.2) is 4.98 Å². The summed E-state index contributed by atoms with van der Waals surface area (Å²) in [4.78, 5) is 32.5. The maximum Gasteiger partial charge on any atom is 0.273 e. The zero-order chi connectivity index (χ0) is 19.4. The van der Waals surface area contributed by atoms with Crippen molar-refractivity contribution in [2.24, 2.45) is 11.7 Å². The highest BCUT2D eigenvalue weighted by atomic mass is 32.1. The molecule has 0 saturated carbocycles. The summed E-state index contributed by atoms with van der Waals surface area (Å²) < 4.78 is 0. The number of primary amides is 1. The Balaban J connectivity index is 1.51. The fourth-order valence-corrected chi connectivity index (χ4v) is 4.14. The van der Waals surface area contributed by atoms with E-state index in [0.29, 0.717) is 30.3 Å². The van der Waals surface area contributed by atoms with Gasteiger partial charge in [-0.05, 0) is 23.6 Å². The summed E-state index contributed by atoms with van der Waals surface area (Å²) in [5.41, 5.74) is 7.51. The maximum absolute atomic E-state index is 12.7. The molecule has 1 saturated heterocycles. The number of carbonyl (C=O) groups excluding carboxylic acids is 2. The molecule has 1 aromatic heterocycles. The van der Waals surface area contributed by atoms with E-state index >= 15 is 0 Å². The van der Waals surface area contributed by atoms with Gasteiger partial charge in [0.2, 0.25) is 5.91 Å². The summed E-state index contributed by atoms with van der Waals surface area (Å²) in [6.45, 7) is 8.17. The van der Waals surface area contributed by atoms with Crippen LogP contribution in [0, 0.1) is 5.92 Å². The van der Waals surface area contributed by atoms with Gasteiger partial charge >= 0.3 is 0 Å². The van der Waals surface area contributed by atoms with Crippen molar-refractivity contribution in [3.05, 3.63) is 51.5 Å². The summed E-state index contributed by atoms with van der Waals surface area (Å²) in [6, 6.07) is 7.38. The molecule has 1 aliphatic heterocycles. The summed E-state index contributed by atoms with van der Waals surface area (Å²) >= 11 is 1.57. The number of hydrogen-bond donors (Lipinski definition) is 1. The van der Waals surface area contributed by atoms with E-state index in [1.54, 1.807) is 23.5 Å². The van der Waals surface area contributed by atoms with Crippen LogP contribution < -0.4 is 5.73 Å². The number of nitrogens with two attached hydrogens (primary N) is 1. The first-order valence-electron chi connectivity index (χ1n) is 9.27. The second-order valence-corrected chi connectivity index (χ2v) is 8.30. The Morgan fingerprint density at radius 3 is 2.41 bits per heavy atom. The lowest BCUT2D eigenvalue weighted by molar-refractivity contribution is 0.0623. The number of carbonyl (C=O) groups is 2. The van der Waals surface area contributed by atoms with E-state index < -0.39 is 5.91 Å². The Hall–Kier alpha value is -2.25. The first-order valence-corrected chi connectivity index (χ1v) is 10.1. The minimum atomic E-state index is -0.410. The molecule has 7 heteroatoms. The van der Waals surface area contributed by atoms with Crippen LogP contribution in [0.5, 0.6) is 0 Å². The van der Waals surface area contributed by atoms with Crippen LogP contribution in [0.25, 0.3) is 0 Å². The molecule has 0 spiro atoms. The number of thiazole rings is 1. The van der Waals surface area contributed by atoms with E-state index in [1.807, 2.05) is 22.4 Å². The zero-order valence-electron chi connectivity index (χ0n) is 15.9. The molecule has 144 valence electrons. The molecule has 2 heterocycles. The van der Waals surface area contributed by atoms with Crippen LogP contribution in [0.3, 0.4) is 0 Å². The van der Waals surface area contributed by atoms with Gasteiger partial charge in [0.1, 0.15) is 5.69 Å². The first kappa shape index (κ1) is 19.5. The number of amides is 2. The number of aromatic nitrogens is 1. The van der Waals surface area contributed by atoms with Gasteiger partial charge in [-0.3, -0.25) is 14.5 Å². The molecule has 1 aromatic carbocycles. The van der Waals surface area contributed by atoms with Gasteiger partial charge in [0.05, 0.1) is 5.01 Å². The van der Waals surface area contributed by atoms with Gasteiger partial charge in [0.25, 0.3) is 5.91 Å². The molecule has 2 N–H and O–H groups in total. The second kappa shape index (κ2) is 8.63. The molecule has 27 heavy (non-hydrogen) atoms. The van der Waals surface area contributed by atoms with E-state index in [1.165, 1.54) is 0 Å². The van der Waals surface area contributed by atoms with Crippen molar-refractivity contribution in [1.82, 2.24) is 14.8 Å². The molecular weight excluding hydrogens is 360 g/mol. The van der Waals surface area contributed by atoms with Crippen LogP contribution in [-0.2, 0) is 13.0 Å². The minimum absolute atomic E-state index is 0.0340. The highest BCUT2D eigenvalue weighted by molar-refractivity contribution is 7.09. The predicted molar refractivity (Wildman–Crippen MR) is 107 cm³/mol. The summed E-state index contributed by atoms with van der Waals surface area (Å²) in [7, 11) is 0. The monoisotopic (exact) mass is 386 g/mol. The highest BCUT2D eigenvalue weighted by Crippen LogP contribution is 2.17. The Morgan fingerprint density at radius 1 is 1.15 bits per heavy atom. The quantitative estimate of drug-likeness (QED) is 0.827. The van der Waals surface area contributed by atoms with Crippen molar-refractivity contribution in [2.75, 3.05) is 26.2 Å². The minimum Gasteiger partial charge on any atom is -0.366 e. The van der Waals surface area contributed by atoms with E-state index in [-0.39, 0.29) is 5.91 Å². The van der Waals surface area contributed by atoms with Gasteiger partial charge in [-0.15, -0.1) is 11.3 Å². The molecule has 1 fully saturated rings. The molecule has 0 radical (unpaired) electrons. The van der Waals surface area contributed by atoms with Gasteiger partial charge < -0.3 is 10.6 Å². The lowest BCUT2D eigenvalue weighted by atomic mass is 10.1. The van der Waals surface area contributed by atoms with Crippen molar-refractivity contribution in [2.45, 2.75) is 26.8 Å². The number of nitrogens with zero attached hydrogens (tertiary/aromatic N) is 3. The molecule has 0 aliphatic carbocycles. The number of rotatable bonds is 6. The normalized spacial score (nSPS) is 15.3. The van der Waals surface area contributed by atoms with Gasteiger partial charge in [-0.1, -0.05) is 26.0 Å². The molecule has 2 amide bonds. The number of benzene rings is 1. The van der Waals surface area contributed by atoms with Crippen molar-refractivity contribution in [3.8, 4) is 0 Å². The van der Waals surface area contributed by atoms with E-state index in [9.17, 15) is 9.59 Å². The molecule has 2 aromatic rings. The third-order valence-corrected chi connectivity index (χ3v) is 5.53. The van der Waals surface area contributed by atoms with Crippen LogP contribution in [0.4, 0.5) is 0 Å². The fraction of sp³-hybridized carbons (Fsp3) is 0.450. The largest absolute Gasteiger partial charge is 0.366 e. The van der Waals surface area contributed by atoms with Crippen LogP contribution in [0.1, 0.15) is 45.3 Å². The third kappa shape index (κ3) is 5.14. The molecule has 6 nitrogen and oxygen atoms in total. The first-order chi connectivity index (χ1) is 12.9. The van der Waals surface area contributed by atoms with Crippen molar-refractivity contribution >= 4 is 23.2 Å². The summed E-state index contributed by atoms with van der Waals surface area (Å²) in [5.74, 6) is 0.165. The Bertz CT molecular complexity index is 793. The van der Waals surface area contributed by atoms with Crippen LogP contribution in [0.15, 0.2) is 29.6 Å². The Labute approximate surface area is 164 Å². The molecule has 3 rings (SSSR count). The number of hydrogen-bond acceptors (Lipinski definition) is 5. The van der Waals surface area contributed by atoms with Gasteiger partial charge in [-0.2, -0.15) is 0 Å². The lowest BCUT2D eigenvalue weighted by Crippen LogP contribution is -2.48.